The number of rotatable bonds is 3. The molecule has 1 unspecified atom stereocenters. The molecule has 6 heteroatoms. The third-order valence-corrected chi connectivity index (χ3v) is 2.81. The maximum absolute atomic E-state index is 13.6. The van der Waals surface area contributed by atoms with E-state index in [1.54, 1.807) is 11.8 Å². The van der Waals surface area contributed by atoms with Crippen LogP contribution in [0.5, 0.6) is 0 Å². The van der Waals surface area contributed by atoms with Gasteiger partial charge in [0.1, 0.15) is 0 Å². The first kappa shape index (κ1) is 12.0. The zero-order valence-corrected chi connectivity index (χ0v) is 10.1. The van der Waals surface area contributed by atoms with Crippen molar-refractivity contribution in [2.24, 2.45) is 0 Å². The van der Waals surface area contributed by atoms with Crippen LogP contribution in [0.1, 0.15) is 20.3 Å². The minimum absolute atomic E-state index is 0.258. The van der Waals surface area contributed by atoms with Gasteiger partial charge in [-0.1, -0.05) is 0 Å². The van der Waals surface area contributed by atoms with E-state index in [0.29, 0.717) is 32.0 Å². The van der Waals surface area contributed by atoms with Gasteiger partial charge in [-0.05, 0) is 20.3 Å². The normalized spacial score (nSPS) is 24.1. The van der Waals surface area contributed by atoms with Crippen LogP contribution in [-0.2, 0) is 0 Å². The van der Waals surface area contributed by atoms with Crippen LogP contribution in [0, 0.1) is 5.82 Å². The number of aromatic nitrogens is 2. The van der Waals surface area contributed by atoms with Crippen molar-refractivity contribution in [1.82, 2.24) is 9.97 Å². The maximum atomic E-state index is 13.6. The predicted octanol–water partition coefficient (Wildman–Crippen LogP) is 1.01. The quantitative estimate of drug-likeness (QED) is 0.825. The lowest BCUT2D eigenvalue weighted by molar-refractivity contribution is 0.0838. The second-order valence-corrected chi connectivity index (χ2v) is 4.56. The van der Waals surface area contributed by atoms with Crippen molar-refractivity contribution < 1.29 is 9.50 Å². The van der Waals surface area contributed by atoms with Crippen molar-refractivity contribution >= 4 is 11.8 Å². The molecule has 1 saturated heterocycles. The molecule has 0 bridgehead atoms. The molecule has 1 aromatic heterocycles. The Hall–Kier alpha value is -1.43. The lowest BCUT2D eigenvalue weighted by Crippen LogP contribution is -2.30. The Morgan fingerprint density at radius 3 is 3.00 bits per heavy atom. The van der Waals surface area contributed by atoms with Crippen LogP contribution < -0.4 is 10.2 Å². The molecule has 2 N–H and O–H groups in total. The van der Waals surface area contributed by atoms with Crippen LogP contribution >= 0.6 is 0 Å². The highest BCUT2D eigenvalue weighted by Crippen LogP contribution is 2.27. The van der Waals surface area contributed by atoms with E-state index < -0.39 is 11.4 Å². The van der Waals surface area contributed by atoms with Crippen molar-refractivity contribution in [2.75, 3.05) is 29.9 Å². The summed E-state index contributed by atoms with van der Waals surface area (Å²) in [6, 6.07) is 0. The van der Waals surface area contributed by atoms with Gasteiger partial charge in [-0.2, -0.15) is 4.98 Å². The molecular weight excluding hydrogens is 223 g/mol. The van der Waals surface area contributed by atoms with E-state index in [1.165, 1.54) is 0 Å². The van der Waals surface area contributed by atoms with Gasteiger partial charge in [0.25, 0.3) is 0 Å². The molecule has 1 fully saturated rings. The van der Waals surface area contributed by atoms with Crippen molar-refractivity contribution in [3.8, 4) is 0 Å². The summed E-state index contributed by atoms with van der Waals surface area (Å²) in [5.41, 5.74) is -0.768. The Morgan fingerprint density at radius 2 is 2.41 bits per heavy atom. The number of hydrogen-bond donors (Lipinski definition) is 2. The first-order valence-electron chi connectivity index (χ1n) is 5.75. The summed E-state index contributed by atoms with van der Waals surface area (Å²) in [6.45, 7) is 5.35. The third kappa shape index (κ3) is 2.63. The largest absolute Gasteiger partial charge is 0.388 e. The van der Waals surface area contributed by atoms with Gasteiger partial charge >= 0.3 is 0 Å². The predicted molar refractivity (Wildman–Crippen MR) is 63.6 cm³/mol. The summed E-state index contributed by atoms with van der Waals surface area (Å²) in [4.78, 5) is 9.73. The highest BCUT2D eigenvalue weighted by atomic mass is 19.1. The van der Waals surface area contributed by atoms with Crippen molar-refractivity contribution in [3.05, 3.63) is 12.0 Å². The molecule has 0 amide bonds. The standard InChI is InChI=1S/C11H17FN4O/c1-3-13-10-14-6-8(12)9(15-10)16-5-4-11(2,17)7-16/h6,17H,3-5,7H2,1-2H3,(H,13,14,15). The fraction of sp³-hybridized carbons (Fsp3) is 0.636. The number of β-amino-alcohol motifs (C(OH)–C–C–N with tert-alkyl or cyclic N) is 1. The van der Waals surface area contributed by atoms with Gasteiger partial charge in [0.05, 0.1) is 11.8 Å². The average Bonchev–Trinajstić information content (AvgIpc) is 2.62. The first-order valence-corrected chi connectivity index (χ1v) is 5.75. The summed E-state index contributed by atoms with van der Waals surface area (Å²) in [5.74, 6) is 0.216. The zero-order valence-electron chi connectivity index (χ0n) is 10.1. The minimum Gasteiger partial charge on any atom is -0.388 e. The lowest BCUT2D eigenvalue weighted by Gasteiger charge is -2.20. The number of anilines is 2. The van der Waals surface area contributed by atoms with E-state index in [-0.39, 0.29) is 5.82 Å². The SMILES string of the molecule is CCNc1ncc(F)c(N2CCC(C)(O)C2)n1. The van der Waals surface area contributed by atoms with Gasteiger partial charge < -0.3 is 15.3 Å². The summed E-state index contributed by atoms with van der Waals surface area (Å²) in [7, 11) is 0. The molecule has 1 aliphatic heterocycles. The molecule has 94 valence electrons. The Morgan fingerprint density at radius 1 is 1.65 bits per heavy atom. The van der Waals surface area contributed by atoms with Gasteiger partial charge in [-0.15, -0.1) is 0 Å². The monoisotopic (exact) mass is 240 g/mol. The van der Waals surface area contributed by atoms with E-state index in [9.17, 15) is 9.50 Å². The van der Waals surface area contributed by atoms with Gasteiger partial charge in [-0.25, -0.2) is 9.37 Å². The summed E-state index contributed by atoms with van der Waals surface area (Å²) < 4.78 is 13.6. The average molecular weight is 240 g/mol. The molecule has 0 radical (unpaired) electrons. The number of nitrogens with zero attached hydrogens (tertiary/aromatic N) is 3. The van der Waals surface area contributed by atoms with Crippen LogP contribution in [-0.4, -0.2) is 40.3 Å². The summed E-state index contributed by atoms with van der Waals surface area (Å²) in [5, 5.41) is 12.8. The topological polar surface area (TPSA) is 61.3 Å². The van der Waals surface area contributed by atoms with Gasteiger partial charge in [0.15, 0.2) is 11.6 Å². The smallest absolute Gasteiger partial charge is 0.224 e. The number of hydrogen-bond acceptors (Lipinski definition) is 5. The van der Waals surface area contributed by atoms with Gasteiger partial charge in [0, 0.05) is 19.6 Å². The highest BCUT2D eigenvalue weighted by Gasteiger charge is 2.33. The molecule has 0 aromatic carbocycles. The van der Waals surface area contributed by atoms with E-state index in [4.69, 9.17) is 0 Å². The molecule has 5 nitrogen and oxygen atoms in total. The molecule has 2 rings (SSSR count). The molecule has 1 atom stereocenters. The Bertz CT molecular complexity index is 410. The Kier molecular flexibility index (Phi) is 3.15. The van der Waals surface area contributed by atoms with E-state index in [1.807, 2.05) is 6.92 Å². The van der Waals surface area contributed by atoms with E-state index in [0.717, 1.165) is 6.20 Å². The second kappa shape index (κ2) is 4.44. The number of nitrogens with one attached hydrogen (secondary N) is 1. The minimum atomic E-state index is -0.768. The molecule has 1 aromatic rings. The molecule has 0 aliphatic carbocycles. The Balaban J connectivity index is 2.22. The third-order valence-electron chi connectivity index (χ3n) is 2.81. The molecule has 2 heterocycles. The molecule has 1 aliphatic rings. The fourth-order valence-corrected chi connectivity index (χ4v) is 1.95. The van der Waals surface area contributed by atoms with Crippen LogP contribution in [0.25, 0.3) is 0 Å². The van der Waals surface area contributed by atoms with Crippen LogP contribution in [0.3, 0.4) is 0 Å². The van der Waals surface area contributed by atoms with Crippen molar-refractivity contribution in [3.63, 3.8) is 0 Å². The van der Waals surface area contributed by atoms with Crippen molar-refractivity contribution in [1.29, 1.82) is 0 Å². The van der Waals surface area contributed by atoms with Gasteiger partial charge in [0.2, 0.25) is 5.95 Å². The molecular formula is C11H17FN4O. The molecule has 17 heavy (non-hydrogen) atoms. The lowest BCUT2D eigenvalue weighted by atomic mass is 10.1. The highest BCUT2D eigenvalue weighted by molar-refractivity contribution is 5.45. The van der Waals surface area contributed by atoms with Crippen molar-refractivity contribution in [2.45, 2.75) is 25.9 Å². The van der Waals surface area contributed by atoms with Crippen LogP contribution in [0.4, 0.5) is 16.2 Å². The Labute approximate surface area is 99.7 Å². The van der Waals surface area contributed by atoms with Crippen LogP contribution in [0.2, 0.25) is 0 Å². The van der Waals surface area contributed by atoms with E-state index in [2.05, 4.69) is 15.3 Å². The zero-order chi connectivity index (χ0) is 12.5. The maximum Gasteiger partial charge on any atom is 0.224 e. The molecule has 0 spiro atoms. The van der Waals surface area contributed by atoms with Crippen LogP contribution in [0.15, 0.2) is 6.20 Å². The summed E-state index contributed by atoms with van der Waals surface area (Å²) in [6.07, 6.45) is 1.78. The fourth-order valence-electron chi connectivity index (χ4n) is 1.95. The van der Waals surface area contributed by atoms with Gasteiger partial charge in [-0.3, -0.25) is 0 Å². The second-order valence-electron chi connectivity index (χ2n) is 4.56. The number of aliphatic hydroxyl groups is 1. The molecule has 0 saturated carbocycles. The summed E-state index contributed by atoms with van der Waals surface area (Å²) >= 11 is 0. The first-order chi connectivity index (χ1) is 8.02. The number of halogens is 1. The van der Waals surface area contributed by atoms with E-state index >= 15 is 0 Å².